The van der Waals surface area contributed by atoms with Crippen molar-refractivity contribution >= 4 is 116 Å². The van der Waals surface area contributed by atoms with E-state index in [1.165, 1.54) is 43.7 Å². The molecule has 6 atom stereocenters. The van der Waals surface area contributed by atoms with Gasteiger partial charge in [0.1, 0.15) is 75.9 Å². The molecule has 8 aromatic rings. The van der Waals surface area contributed by atoms with Gasteiger partial charge in [-0.3, -0.25) is 34.1 Å². The van der Waals surface area contributed by atoms with Crippen LogP contribution < -0.4 is 32.7 Å². The number of primary amides is 2. The van der Waals surface area contributed by atoms with Crippen molar-refractivity contribution < 1.29 is 53.3 Å². The predicted octanol–water partition coefficient (Wildman–Crippen LogP) is 6.26. The van der Waals surface area contributed by atoms with E-state index >= 15 is 0 Å². The van der Waals surface area contributed by atoms with Crippen molar-refractivity contribution in [2.24, 2.45) is 17.4 Å². The highest BCUT2D eigenvalue weighted by Crippen LogP contribution is 2.43. The summed E-state index contributed by atoms with van der Waals surface area (Å²) >= 11 is 6.65. The second-order valence-electron chi connectivity index (χ2n) is 18.3. The van der Waals surface area contributed by atoms with Crippen LogP contribution in [0, 0.1) is 12.8 Å². The van der Waals surface area contributed by atoms with Gasteiger partial charge in [0.15, 0.2) is 6.10 Å². The molecule has 2 aliphatic rings. The second-order valence-corrected chi connectivity index (χ2v) is 23.8. The van der Waals surface area contributed by atoms with Crippen LogP contribution in [0.1, 0.15) is 118 Å². The van der Waals surface area contributed by atoms with Crippen LogP contribution in [0.5, 0.6) is 0 Å². The van der Waals surface area contributed by atoms with Crippen molar-refractivity contribution in [2.75, 3.05) is 13.1 Å². The third-order valence-corrected chi connectivity index (χ3v) is 18.3. The first kappa shape index (κ1) is 56.0. The highest BCUT2D eigenvalue weighted by Gasteiger charge is 2.44. The molecule has 10 N–H and O–H groups in total. The number of urea groups is 1. The number of imide groups is 1. The summed E-state index contributed by atoms with van der Waals surface area (Å²) in [5.41, 5.74) is 13.2. The van der Waals surface area contributed by atoms with Crippen LogP contribution in [0.15, 0.2) is 69.4 Å². The van der Waals surface area contributed by atoms with Crippen LogP contribution in [-0.2, 0) is 14.3 Å². The summed E-state index contributed by atoms with van der Waals surface area (Å²) in [6, 6.07) is 7.51. The first-order valence-electron chi connectivity index (χ1n) is 24.4. The molecule has 81 heavy (non-hydrogen) atoms. The summed E-state index contributed by atoms with van der Waals surface area (Å²) in [5.74, 6) is -5.60. The minimum Gasteiger partial charge on any atom is -0.481 e. The number of benzene rings is 1. The number of aromatic nitrogens is 7. The Morgan fingerprint density at radius 1 is 0.741 bits per heavy atom. The summed E-state index contributed by atoms with van der Waals surface area (Å²) in [6.45, 7) is 3.12. The Labute approximate surface area is 481 Å². The SMILES string of the molecule is Cc1sc2nc1C(=O)N[C@@H]([C@H](OC(=O)NCCCC(=O)O)c1ccccc1)c1nc(cs1)C(=O)NC(=O)N1C[C@H](O)[C@H](C)[C@H]1c1nc(cs1)-c1nc(cs1)-c1nc(-c3nc(C(N)=O)cs3)ccc1-c1nc(cs1)C(=O)N[C@H]2CC(N)=O. The number of ether oxygens (including phenoxy) is 1. The van der Waals surface area contributed by atoms with Crippen LogP contribution in [0.25, 0.3) is 43.4 Å². The van der Waals surface area contributed by atoms with E-state index in [0.717, 1.165) is 45.3 Å². The van der Waals surface area contributed by atoms with Crippen LogP contribution in [-0.4, -0.2) is 117 Å². The third-order valence-electron chi connectivity index (χ3n) is 12.7. The van der Waals surface area contributed by atoms with Gasteiger partial charge in [0.2, 0.25) is 5.91 Å². The number of aliphatic carboxylic acids is 1. The number of carboxylic acid groups (broad SMARTS) is 1. The molecule has 9 heterocycles. The van der Waals surface area contributed by atoms with Crippen molar-refractivity contribution in [3.8, 4) is 43.4 Å². The Balaban J connectivity index is 1.06. The molecule has 1 fully saturated rings. The normalized spacial score (nSPS) is 18.8. The highest BCUT2D eigenvalue weighted by atomic mass is 32.1. The molecule has 0 saturated carbocycles. The van der Waals surface area contributed by atoms with Gasteiger partial charge in [0.25, 0.3) is 23.6 Å². The number of carbonyl (C=O) groups excluding carboxylic acids is 7. The average Bonchev–Trinajstić information content (AvgIpc) is 4.49. The van der Waals surface area contributed by atoms with E-state index < -0.39 is 90.3 Å². The van der Waals surface area contributed by atoms with Gasteiger partial charge in [-0.25, -0.2) is 44.5 Å². The number of thiazole rings is 6. The molecule has 10 bridgehead atoms. The quantitative estimate of drug-likeness (QED) is 0.0662. The van der Waals surface area contributed by atoms with Crippen LogP contribution in [0.3, 0.4) is 0 Å². The fourth-order valence-corrected chi connectivity index (χ4v) is 14.0. The van der Waals surface area contributed by atoms with Crippen molar-refractivity contribution in [3.63, 3.8) is 0 Å². The topological polar surface area (TPSA) is 380 Å². The van der Waals surface area contributed by atoms with E-state index in [9.17, 15) is 43.5 Å². The number of fused-ring (bicyclic) bond motifs is 16. The maximum absolute atomic E-state index is 14.7. The van der Waals surface area contributed by atoms with Crippen molar-refractivity contribution in [3.05, 3.63) is 118 Å². The van der Waals surface area contributed by atoms with E-state index in [1.54, 1.807) is 67.1 Å². The number of amides is 8. The van der Waals surface area contributed by atoms with E-state index in [2.05, 4.69) is 36.2 Å². The minimum absolute atomic E-state index is 0.0390. The maximum atomic E-state index is 14.7. The number of nitrogens with two attached hydrogens (primary N) is 2. The Bertz CT molecular complexity index is 3760. The minimum atomic E-state index is -1.37. The smallest absolute Gasteiger partial charge is 0.407 e. The number of aryl methyl sites for hydroxylation is 1. The second kappa shape index (κ2) is 23.8. The Morgan fingerprint density at radius 3 is 2.17 bits per heavy atom. The van der Waals surface area contributed by atoms with Gasteiger partial charge in [-0.15, -0.1) is 68.0 Å². The van der Waals surface area contributed by atoms with Crippen LogP contribution in [0.4, 0.5) is 9.59 Å². The summed E-state index contributed by atoms with van der Waals surface area (Å²) in [7, 11) is 0. The lowest BCUT2D eigenvalue weighted by Crippen LogP contribution is -2.43. The Kier molecular flexibility index (Phi) is 16.4. The average molecular weight is 1210 g/mol. The van der Waals surface area contributed by atoms with Gasteiger partial charge in [-0.1, -0.05) is 37.3 Å². The van der Waals surface area contributed by atoms with Crippen LogP contribution >= 0.6 is 68.0 Å². The predicted molar refractivity (Wildman–Crippen MR) is 298 cm³/mol. The van der Waals surface area contributed by atoms with Crippen molar-refractivity contribution in [1.29, 1.82) is 0 Å². The first-order chi connectivity index (χ1) is 38.9. The molecule has 8 amide bonds. The molecule has 0 unspecified atom stereocenters. The lowest BCUT2D eigenvalue weighted by atomic mass is 10.0. The monoisotopic (exact) mass is 1210 g/mol. The molecule has 1 saturated heterocycles. The number of nitrogens with zero attached hydrogens (tertiary/aromatic N) is 8. The molecular formula is C50H44N14O11S6. The summed E-state index contributed by atoms with van der Waals surface area (Å²) in [5, 5.41) is 40.6. The molecule has 7 aromatic heterocycles. The van der Waals surface area contributed by atoms with Gasteiger partial charge in [-0.05, 0) is 31.0 Å². The molecule has 0 radical (unpaired) electrons. The van der Waals surface area contributed by atoms with Crippen molar-refractivity contribution in [1.82, 2.24) is 61.1 Å². The molecule has 10 rings (SSSR count). The summed E-state index contributed by atoms with van der Waals surface area (Å²) < 4.78 is 5.98. The highest BCUT2D eigenvalue weighted by molar-refractivity contribution is 7.15. The number of aliphatic hydroxyl groups excluding tert-OH is 1. The molecule has 416 valence electrons. The summed E-state index contributed by atoms with van der Waals surface area (Å²) in [6.07, 6.45) is -3.94. The first-order valence-corrected chi connectivity index (χ1v) is 29.6. The zero-order chi connectivity index (χ0) is 57.2. The lowest BCUT2D eigenvalue weighted by Gasteiger charge is -2.27. The van der Waals surface area contributed by atoms with Gasteiger partial charge in [0.05, 0.1) is 30.3 Å². The Morgan fingerprint density at radius 2 is 1.42 bits per heavy atom. The van der Waals surface area contributed by atoms with Gasteiger partial charge < -0.3 is 47.3 Å². The lowest BCUT2D eigenvalue weighted by molar-refractivity contribution is -0.137. The standard InChI is InChI=1S/C50H44N14O11S6/c1-20-31(65)14-64-37(20)48-60-30(19-80-48)45-56-26(15-77-45)35-23(10-11-24(54-35)44-57-27(16-78-44)39(52)69)43-58-28(17-76-43)40(70)55-25(13-32(51)66)46-62-34(21(2)81-46)42(72)61-36(47-59-29(18-79-47)41(71)63-49(64)73)38(22-7-4-3-5-8-22)75-50(74)53-12-6-9-33(67)68/h3-5,7-8,10-11,15-20,25,31,36-38,65H,6,9,12-14H2,1-2H3,(H2,51,66)(H2,52,69)(H,53,74)(H,55,70)(H,61,72)(H,67,68)(H,63,71,73)/t20-,25-,31-,36-,37-,38+/m0/s1. The maximum Gasteiger partial charge on any atom is 0.407 e. The van der Waals surface area contributed by atoms with Gasteiger partial charge in [-0.2, -0.15) is 0 Å². The van der Waals surface area contributed by atoms with Crippen LogP contribution in [0.2, 0.25) is 0 Å². The molecule has 25 nitrogen and oxygen atoms in total. The number of carboxylic acids is 1. The molecule has 0 aliphatic carbocycles. The van der Waals surface area contributed by atoms with E-state index in [1.807, 2.05) is 0 Å². The van der Waals surface area contributed by atoms with E-state index in [4.69, 9.17) is 41.2 Å². The number of nitrogens with one attached hydrogen (secondary N) is 4. The zero-order valence-corrected chi connectivity index (χ0v) is 47.1. The Hall–Kier alpha value is -8.33. The number of rotatable bonds is 11. The number of alkyl carbamates (subject to hydrolysis) is 1. The molecule has 0 spiro atoms. The van der Waals surface area contributed by atoms with Crippen molar-refractivity contribution in [2.45, 2.75) is 63.4 Å². The molecule has 1 aromatic carbocycles. The van der Waals surface area contributed by atoms with E-state index in [0.29, 0.717) is 58.8 Å². The number of hydrogen-bond acceptors (Lipinski definition) is 23. The van der Waals surface area contributed by atoms with E-state index in [-0.39, 0.29) is 58.7 Å². The third kappa shape index (κ3) is 12.2. The zero-order valence-electron chi connectivity index (χ0n) is 42.2. The van der Waals surface area contributed by atoms with Gasteiger partial charge in [0, 0.05) is 62.8 Å². The molecule has 2 aliphatic heterocycles. The molecule has 31 heteroatoms. The fourth-order valence-electron chi connectivity index (χ4n) is 8.73. The molecular weight excluding hydrogens is 1170 g/mol. The fraction of sp³-hybridized carbons (Fsp3) is 0.260. The number of hydrogen-bond donors (Lipinski definition) is 8. The number of aliphatic hydroxyl groups is 1. The number of carbonyl (C=O) groups is 8. The number of pyridine rings is 1. The summed E-state index contributed by atoms with van der Waals surface area (Å²) in [4.78, 5) is 141. The largest absolute Gasteiger partial charge is 0.481 e. The van der Waals surface area contributed by atoms with Gasteiger partial charge >= 0.3 is 18.1 Å².